The molecule has 1 rings (SSSR count). The van der Waals surface area contributed by atoms with Crippen LogP contribution in [0.1, 0.15) is 38.2 Å². The van der Waals surface area contributed by atoms with Crippen molar-refractivity contribution in [3.63, 3.8) is 0 Å². The zero-order valence-electron chi connectivity index (χ0n) is 10.00. The molecule has 0 aliphatic heterocycles. The Labute approximate surface area is 98.3 Å². The summed E-state index contributed by atoms with van der Waals surface area (Å²) in [5.74, 6) is 0. The molecule has 0 saturated heterocycles. The molecule has 1 aromatic carbocycles. The van der Waals surface area contributed by atoms with Crippen molar-refractivity contribution in [1.82, 2.24) is 0 Å². The van der Waals surface area contributed by atoms with E-state index < -0.39 is 0 Å². The van der Waals surface area contributed by atoms with E-state index in [2.05, 4.69) is 42.6 Å². The number of anilines is 1. The predicted octanol–water partition coefficient (Wildman–Crippen LogP) is 3.74. The van der Waals surface area contributed by atoms with Crippen LogP contribution in [0.25, 0.3) is 0 Å². The predicted molar refractivity (Wildman–Crippen MR) is 68.4 cm³/mol. The third-order valence-electron chi connectivity index (χ3n) is 2.57. The number of nitrogens with zero attached hydrogens (tertiary/aromatic N) is 1. The summed E-state index contributed by atoms with van der Waals surface area (Å²) in [6, 6.07) is 10.8. The van der Waals surface area contributed by atoms with Crippen LogP contribution in [0.2, 0.25) is 0 Å². The van der Waals surface area contributed by atoms with Crippen LogP contribution in [0.4, 0.5) is 5.69 Å². The first-order valence-corrected chi connectivity index (χ1v) is 6.06. The van der Waals surface area contributed by atoms with Gasteiger partial charge in [-0.05, 0) is 37.0 Å². The Morgan fingerprint density at radius 1 is 1.19 bits per heavy atom. The highest BCUT2D eigenvalue weighted by Gasteiger charge is 1.94. The Morgan fingerprint density at radius 3 is 2.56 bits per heavy atom. The summed E-state index contributed by atoms with van der Waals surface area (Å²) in [6.45, 7) is 3.09. The van der Waals surface area contributed by atoms with Crippen molar-refractivity contribution >= 4 is 5.69 Å². The van der Waals surface area contributed by atoms with E-state index in [4.69, 9.17) is 5.26 Å². The van der Waals surface area contributed by atoms with Gasteiger partial charge < -0.3 is 5.32 Å². The van der Waals surface area contributed by atoms with Gasteiger partial charge in [-0.2, -0.15) is 5.26 Å². The molecule has 0 saturated carbocycles. The van der Waals surface area contributed by atoms with E-state index in [1.807, 2.05) is 0 Å². The number of aryl methyl sites for hydroxylation is 1. The molecule has 16 heavy (non-hydrogen) atoms. The smallest absolute Gasteiger partial charge is 0.0622 e. The Morgan fingerprint density at radius 2 is 1.94 bits per heavy atom. The summed E-state index contributed by atoms with van der Waals surface area (Å²) in [4.78, 5) is 0. The lowest BCUT2D eigenvalue weighted by molar-refractivity contribution is 0.795. The van der Waals surface area contributed by atoms with Crippen molar-refractivity contribution < 1.29 is 0 Å². The standard InChI is InChI=1S/C14H20N2/c1-2-3-6-13-7-9-14(10-8-13)16-12-5-4-11-15/h7-10,16H,2-6,12H2,1H3. The molecule has 1 aromatic rings. The van der Waals surface area contributed by atoms with Crippen LogP contribution in [-0.4, -0.2) is 6.54 Å². The molecule has 2 nitrogen and oxygen atoms in total. The molecular formula is C14H20N2. The molecule has 0 aliphatic carbocycles. The van der Waals surface area contributed by atoms with Crippen LogP contribution in [0.5, 0.6) is 0 Å². The number of benzene rings is 1. The van der Waals surface area contributed by atoms with Gasteiger partial charge in [-0.3, -0.25) is 0 Å². The zero-order chi connectivity index (χ0) is 11.6. The van der Waals surface area contributed by atoms with Gasteiger partial charge in [-0.1, -0.05) is 25.5 Å². The second kappa shape index (κ2) is 7.76. The van der Waals surface area contributed by atoms with Crippen molar-refractivity contribution in [3.8, 4) is 6.07 Å². The van der Waals surface area contributed by atoms with Gasteiger partial charge in [0.15, 0.2) is 0 Å². The number of nitrogens with one attached hydrogen (secondary N) is 1. The van der Waals surface area contributed by atoms with E-state index in [0.717, 1.165) is 18.7 Å². The number of hydrogen-bond donors (Lipinski definition) is 1. The highest BCUT2D eigenvalue weighted by atomic mass is 14.9. The lowest BCUT2D eigenvalue weighted by Gasteiger charge is -2.06. The Kier molecular flexibility index (Phi) is 6.10. The van der Waals surface area contributed by atoms with Crippen LogP contribution >= 0.6 is 0 Å². The highest BCUT2D eigenvalue weighted by Crippen LogP contribution is 2.11. The third-order valence-corrected chi connectivity index (χ3v) is 2.57. The first-order valence-electron chi connectivity index (χ1n) is 6.06. The Bertz CT molecular complexity index is 322. The SMILES string of the molecule is CCCCc1ccc(NCCCC#N)cc1. The minimum atomic E-state index is 0.627. The fraction of sp³-hybridized carbons (Fsp3) is 0.500. The summed E-state index contributed by atoms with van der Waals surface area (Å²) >= 11 is 0. The van der Waals surface area contributed by atoms with E-state index in [1.54, 1.807) is 0 Å². The fourth-order valence-electron chi connectivity index (χ4n) is 1.57. The molecule has 86 valence electrons. The minimum Gasteiger partial charge on any atom is -0.385 e. The van der Waals surface area contributed by atoms with Gasteiger partial charge in [0.2, 0.25) is 0 Å². The van der Waals surface area contributed by atoms with Crippen LogP contribution in [0, 0.1) is 11.3 Å². The summed E-state index contributed by atoms with van der Waals surface area (Å²) in [5, 5.41) is 11.7. The molecule has 0 amide bonds. The van der Waals surface area contributed by atoms with Gasteiger partial charge in [-0.15, -0.1) is 0 Å². The molecule has 0 aliphatic rings. The molecule has 0 fully saturated rings. The van der Waals surface area contributed by atoms with E-state index in [9.17, 15) is 0 Å². The molecule has 2 heteroatoms. The van der Waals surface area contributed by atoms with Crippen molar-refractivity contribution in [2.75, 3.05) is 11.9 Å². The molecular weight excluding hydrogens is 196 g/mol. The van der Waals surface area contributed by atoms with Gasteiger partial charge in [0, 0.05) is 18.7 Å². The maximum Gasteiger partial charge on any atom is 0.0622 e. The quantitative estimate of drug-likeness (QED) is 0.705. The third kappa shape index (κ3) is 4.84. The Hall–Kier alpha value is -1.49. The summed E-state index contributed by atoms with van der Waals surface area (Å²) in [6.07, 6.45) is 5.21. The fourth-order valence-corrected chi connectivity index (χ4v) is 1.57. The van der Waals surface area contributed by atoms with E-state index in [0.29, 0.717) is 6.42 Å². The normalized spacial score (nSPS) is 9.75. The van der Waals surface area contributed by atoms with Crippen molar-refractivity contribution in [2.24, 2.45) is 0 Å². The maximum absolute atomic E-state index is 8.40. The number of hydrogen-bond acceptors (Lipinski definition) is 2. The first kappa shape index (κ1) is 12.6. The summed E-state index contributed by atoms with van der Waals surface area (Å²) in [5.41, 5.74) is 2.56. The average Bonchev–Trinajstić information content (AvgIpc) is 2.33. The van der Waals surface area contributed by atoms with Crippen LogP contribution in [0.3, 0.4) is 0 Å². The largest absolute Gasteiger partial charge is 0.385 e. The second-order valence-electron chi connectivity index (χ2n) is 3.99. The summed E-state index contributed by atoms with van der Waals surface area (Å²) in [7, 11) is 0. The second-order valence-corrected chi connectivity index (χ2v) is 3.99. The Balaban J connectivity index is 2.31. The van der Waals surface area contributed by atoms with Crippen LogP contribution < -0.4 is 5.32 Å². The van der Waals surface area contributed by atoms with Crippen LogP contribution in [0.15, 0.2) is 24.3 Å². The molecule has 1 N–H and O–H groups in total. The maximum atomic E-state index is 8.40. The average molecular weight is 216 g/mol. The van der Waals surface area contributed by atoms with Gasteiger partial charge in [0.25, 0.3) is 0 Å². The van der Waals surface area contributed by atoms with E-state index in [-0.39, 0.29) is 0 Å². The molecule has 0 bridgehead atoms. The topological polar surface area (TPSA) is 35.8 Å². The molecule has 0 radical (unpaired) electrons. The van der Waals surface area contributed by atoms with Crippen LogP contribution in [-0.2, 0) is 6.42 Å². The van der Waals surface area contributed by atoms with Gasteiger partial charge in [0.1, 0.15) is 0 Å². The van der Waals surface area contributed by atoms with E-state index in [1.165, 1.54) is 24.8 Å². The van der Waals surface area contributed by atoms with Crippen molar-refractivity contribution in [3.05, 3.63) is 29.8 Å². The molecule has 0 unspecified atom stereocenters. The molecule has 0 atom stereocenters. The lowest BCUT2D eigenvalue weighted by atomic mass is 10.1. The number of rotatable bonds is 7. The number of nitriles is 1. The lowest BCUT2D eigenvalue weighted by Crippen LogP contribution is -2.00. The van der Waals surface area contributed by atoms with Gasteiger partial charge >= 0.3 is 0 Å². The molecule has 0 heterocycles. The molecule has 0 spiro atoms. The van der Waals surface area contributed by atoms with E-state index >= 15 is 0 Å². The minimum absolute atomic E-state index is 0.627. The van der Waals surface area contributed by atoms with Gasteiger partial charge in [-0.25, -0.2) is 0 Å². The summed E-state index contributed by atoms with van der Waals surface area (Å²) < 4.78 is 0. The monoisotopic (exact) mass is 216 g/mol. The number of unbranched alkanes of at least 4 members (excludes halogenated alkanes) is 2. The van der Waals surface area contributed by atoms with Gasteiger partial charge in [0.05, 0.1) is 6.07 Å². The molecule has 0 aromatic heterocycles. The zero-order valence-corrected chi connectivity index (χ0v) is 10.00. The highest BCUT2D eigenvalue weighted by molar-refractivity contribution is 5.44. The van der Waals surface area contributed by atoms with Crippen molar-refractivity contribution in [1.29, 1.82) is 5.26 Å². The first-order chi connectivity index (χ1) is 7.86. The van der Waals surface area contributed by atoms with Crippen molar-refractivity contribution in [2.45, 2.75) is 39.0 Å².